The fourth-order valence-corrected chi connectivity index (χ4v) is 4.77. The number of hydrogen-bond donors (Lipinski definition) is 1. The minimum atomic E-state index is -0.975. The SMILES string of the molecule is Cc1ccc2c(c1)c1nnc(SCC(=O)N(Cc3ccccc3)c3ccccc3)nc1n2CC(=O)O. The van der Waals surface area contributed by atoms with Gasteiger partial charge in [0, 0.05) is 11.1 Å². The molecule has 1 N–H and O–H groups in total. The zero-order valence-electron chi connectivity index (χ0n) is 19.5. The summed E-state index contributed by atoms with van der Waals surface area (Å²) in [4.78, 5) is 31.2. The van der Waals surface area contributed by atoms with Crippen LogP contribution in [0.3, 0.4) is 0 Å². The minimum Gasteiger partial charge on any atom is -0.480 e. The molecular formula is C27H23N5O3S. The zero-order valence-corrected chi connectivity index (χ0v) is 20.4. The number of nitrogens with zero attached hydrogens (tertiary/aromatic N) is 5. The summed E-state index contributed by atoms with van der Waals surface area (Å²) in [6.07, 6.45) is 0. The maximum atomic E-state index is 13.3. The molecule has 0 atom stereocenters. The molecule has 36 heavy (non-hydrogen) atoms. The molecule has 0 unspecified atom stereocenters. The second-order valence-corrected chi connectivity index (χ2v) is 9.30. The smallest absolute Gasteiger partial charge is 0.323 e. The van der Waals surface area contributed by atoms with Gasteiger partial charge in [0.05, 0.1) is 17.8 Å². The van der Waals surface area contributed by atoms with Crippen molar-refractivity contribution in [2.45, 2.75) is 25.2 Å². The van der Waals surface area contributed by atoms with Crippen LogP contribution >= 0.6 is 11.8 Å². The van der Waals surface area contributed by atoms with Gasteiger partial charge in [0.25, 0.3) is 0 Å². The molecule has 180 valence electrons. The number of para-hydroxylation sites is 1. The number of rotatable bonds is 8. The minimum absolute atomic E-state index is 0.0968. The number of carbonyl (C=O) groups excluding carboxylic acids is 1. The van der Waals surface area contributed by atoms with Crippen molar-refractivity contribution in [1.29, 1.82) is 0 Å². The van der Waals surface area contributed by atoms with Crippen LogP contribution in [0.4, 0.5) is 5.69 Å². The topological polar surface area (TPSA) is 101 Å². The molecule has 0 aliphatic rings. The van der Waals surface area contributed by atoms with Crippen LogP contribution in [0.2, 0.25) is 0 Å². The Morgan fingerprint density at radius 1 is 0.972 bits per heavy atom. The van der Waals surface area contributed by atoms with Crippen molar-refractivity contribution in [2.75, 3.05) is 10.7 Å². The van der Waals surface area contributed by atoms with Crippen LogP contribution in [-0.4, -0.2) is 42.5 Å². The lowest BCUT2D eigenvalue weighted by atomic mass is 10.2. The lowest BCUT2D eigenvalue weighted by Crippen LogP contribution is -2.32. The van der Waals surface area contributed by atoms with Crippen LogP contribution in [0.5, 0.6) is 0 Å². The number of carboxylic acids is 1. The fourth-order valence-electron chi connectivity index (χ4n) is 4.11. The van der Waals surface area contributed by atoms with Crippen molar-refractivity contribution in [2.24, 2.45) is 0 Å². The quantitative estimate of drug-likeness (QED) is 0.310. The van der Waals surface area contributed by atoms with Crippen LogP contribution in [0, 0.1) is 6.92 Å². The molecule has 0 aliphatic heterocycles. The number of hydrogen-bond acceptors (Lipinski definition) is 6. The molecule has 0 bridgehead atoms. The molecule has 9 heteroatoms. The van der Waals surface area contributed by atoms with Gasteiger partial charge >= 0.3 is 5.97 Å². The molecule has 2 heterocycles. The highest BCUT2D eigenvalue weighted by atomic mass is 32.2. The number of aromatic nitrogens is 4. The molecule has 0 saturated carbocycles. The summed E-state index contributed by atoms with van der Waals surface area (Å²) in [6.45, 7) is 2.16. The predicted octanol–water partition coefficient (Wildman–Crippen LogP) is 4.70. The molecule has 2 aromatic heterocycles. The van der Waals surface area contributed by atoms with E-state index in [0.29, 0.717) is 22.9 Å². The highest BCUT2D eigenvalue weighted by Gasteiger charge is 2.20. The van der Waals surface area contributed by atoms with E-state index in [9.17, 15) is 14.7 Å². The average Bonchev–Trinajstić information content (AvgIpc) is 3.18. The molecule has 5 rings (SSSR count). The monoisotopic (exact) mass is 497 g/mol. The molecule has 3 aromatic carbocycles. The van der Waals surface area contributed by atoms with Crippen molar-refractivity contribution in [3.8, 4) is 0 Å². The summed E-state index contributed by atoms with van der Waals surface area (Å²) in [5, 5.41) is 19.2. The Balaban J connectivity index is 1.43. The third-order valence-corrected chi connectivity index (χ3v) is 6.60. The van der Waals surface area contributed by atoms with Crippen molar-refractivity contribution in [3.05, 3.63) is 90.0 Å². The largest absolute Gasteiger partial charge is 0.480 e. The van der Waals surface area contributed by atoms with Gasteiger partial charge in [-0.05, 0) is 36.8 Å². The number of fused-ring (bicyclic) bond motifs is 3. The Bertz CT molecular complexity index is 1550. The molecular weight excluding hydrogens is 474 g/mol. The Hall–Kier alpha value is -4.24. The van der Waals surface area contributed by atoms with Gasteiger partial charge in [-0.2, -0.15) is 0 Å². The first-order valence-electron chi connectivity index (χ1n) is 11.4. The fraction of sp³-hybridized carbons (Fsp3) is 0.148. The number of aryl methyl sites for hydroxylation is 1. The standard InChI is InChI=1S/C27H23N5O3S/c1-18-12-13-22-21(14-18)25-26(32(22)16-24(34)35)28-27(30-29-25)36-17-23(33)31(20-10-6-3-7-11-20)15-19-8-4-2-5-9-19/h2-14H,15-17H2,1H3,(H,34,35). The zero-order chi connectivity index (χ0) is 25.1. The molecule has 0 fully saturated rings. The summed E-state index contributed by atoms with van der Waals surface area (Å²) in [5.74, 6) is -0.968. The van der Waals surface area contributed by atoms with Gasteiger partial charge in [0.2, 0.25) is 11.1 Å². The maximum Gasteiger partial charge on any atom is 0.323 e. The van der Waals surface area contributed by atoms with Gasteiger partial charge in [-0.3, -0.25) is 9.59 Å². The number of amides is 1. The van der Waals surface area contributed by atoms with Crippen molar-refractivity contribution >= 4 is 51.4 Å². The van der Waals surface area contributed by atoms with E-state index in [1.165, 1.54) is 11.8 Å². The van der Waals surface area contributed by atoms with E-state index in [1.807, 2.05) is 85.8 Å². The number of carbonyl (C=O) groups is 2. The molecule has 0 saturated heterocycles. The van der Waals surface area contributed by atoms with Crippen LogP contribution in [0.15, 0.2) is 84.0 Å². The summed E-state index contributed by atoms with van der Waals surface area (Å²) in [5.41, 5.74) is 4.57. The summed E-state index contributed by atoms with van der Waals surface area (Å²) in [7, 11) is 0. The lowest BCUT2D eigenvalue weighted by molar-refractivity contribution is -0.137. The molecule has 1 amide bonds. The van der Waals surface area contributed by atoms with E-state index in [0.717, 1.165) is 27.7 Å². The van der Waals surface area contributed by atoms with E-state index in [4.69, 9.17) is 0 Å². The van der Waals surface area contributed by atoms with Crippen molar-refractivity contribution in [3.63, 3.8) is 0 Å². The number of aliphatic carboxylic acids is 1. The first-order valence-corrected chi connectivity index (χ1v) is 12.4. The van der Waals surface area contributed by atoms with Gasteiger partial charge in [0.1, 0.15) is 12.1 Å². The van der Waals surface area contributed by atoms with Gasteiger partial charge in [-0.1, -0.05) is 71.9 Å². The van der Waals surface area contributed by atoms with E-state index in [2.05, 4.69) is 15.2 Å². The van der Waals surface area contributed by atoms with Crippen molar-refractivity contribution < 1.29 is 14.7 Å². The molecule has 0 spiro atoms. The number of benzene rings is 3. The Labute approximate surface area is 211 Å². The number of thioether (sulfide) groups is 1. The summed E-state index contributed by atoms with van der Waals surface area (Å²) >= 11 is 1.18. The second-order valence-electron chi connectivity index (χ2n) is 8.36. The molecule has 8 nitrogen and oxygen atoms in total. The Morgan fingerprint density at radius 2 is 1.69 bits per heavy atom. The van der Waals surface area contributed by atoms with Crippen LogP contribution in [-0.2, 0) is 22.7 Å². The van der Waals surface area contributed by atoms with Crippen LogP contribution in [0.1, 0.15) is 11.1 Å². The summed E-state index contributed by atoms with van der Waals surface area (Å²) < 4.78 is 1.62. The average molecular weight is 498 g/mol. The predicted molar refractivity (Wildman–Crippen MR) is 140 cm³/mol. The first kappa shape index (κ1) is 23.5. The normalized spacial score (nSPS) is 11.1. The Kier molecular flexibility index (Phi) is 6.64. The molecule has 5 aromatic rings. The number of anilines is 1. The van der Waals surface area contributed by atoms with E-state index in [1.54, 1.807) is 9.47 Å². The molecule has 0 radical (unpaired) electrons. The van der Waals surface area contributed by atoms with Crippen molar-refractivity contribution in [1.82, 2.24) is 19.7 Å². The second kappa shape index (κ2) is 10.2. The summed E-state index contributed by atoms with van der Waals surface area (Å²) in [6, 6.07) is 25.1. The molecule has 0 aliphatic carbocycles. The Morgan fingerprint density at radius 3 is 2.42 bits per heavy atom. The maximum absolute atomic E-state index is 13.3. The van der Waals surface area contributed by atoms with Gasteiger partial charge in [0.15, 0.2) is 5.65 Å². The lowest BCUT2D eigenvalue weighted by Gasteiger charge is -2.23. The van der Waals surface area contributed by atoms with E-state index < -0.39 is 5.97 Å². The van der Waals surface area contributed by atoms with Gasteiger partial charge in [-0.25, -0.2) is 4.98 Å². The third-order valence-electron chi connectivity index (χ3n) is 5.77. The highest BCUT2D eigenvalue weighted by Crippen LogP contribution is 2.28. The first-order chi connectivity index (χ1) is 17.5. The van der Waals surface area contributed by atoms with Crippen LogP contribution in [0.25, 0.3) is 22.1 Å². The van der Waals surface area contributed by atoms with Gasteiger partial charge < -0.3 is 14.6 Å². The van der Waals surface area contributed by atoms with Gasteiger partial charge in [-0.15, -0.1) is 10.2 Å². The van der Waals surface area contributed by atoms with E-state index >= 15 is 0 Å². The van der Waals surface area contributed by atoms with Crippen LogP contribution < -0.4 is 4.90 Å². The third kappa shape index (κ3) is 4.92. The highest BCUT2D eigenvalue weighted by molar-refractivity contribution is 7.99. The number of carboxylic acid groups (broad SMARTS) is 1. The van der Waals surface area contributed by atoms with E-state index in [-0.39, 0.29) is 18.2 Å².